The molecule has 0 amide bonds. The lowest BCUT2D eigenvalue weighted by atomic mass is 10.2. The van der Waals surface area contributed by atoms with Gasteiger partial charge in [-0.1, -0.05) is 0 Å². The average molecular weight is 344 g/mol. The lowest BCUT2D eigenvalue weighted by Gasteiger charge is -2.07. The Labute approximate surface area is 111 Å². The summed E-state index contributed by atoms with van der Waals surface area (Å²) in [5.41, 5.74) is 0.156. The van der Waals surface area contributed by atoms with Crippen LogP contribution in [0.25, 0.3) is 0 Å². The van der Waals surface area contributed by atoms with Crippen LogP contribution in [-0.2, 0) is 6.61 Å². The molecule has 1 aromatic carbocycles. The number of halogens is 1. The number of carboxylic acids is 1. The van der Waals surface area contributed by atoms with Gasteiger partial charge in [0.05, 0.1) is 6.26 Å². The number of rotatable bonds is 4. The van der Waals surface area contributed by atoms with E-state index in [0.29, 0.717) is 11.5 Å². The highest BCUT2D eigenvalue weighted by atomic mass is 127. The summed E-state index contributed by atoms with van der Waals surface area (Å²) in [5, 5.41) is 9.04. The van der Waals surface area contributed by atoms with Gasteiger partial charge in [0.1, 0.15) is 23.7 Å². The Balaban J connectivity index is 2.17. The van der Waals surface area contributed by atoms with Crippen LogP contribution in [0.5, 0.6) is 5.75 Å². The number of ether oxygens (including phenoxy) is 1. The normalized spacial score (nSPS) is 10.2. The van der Waals surface area contributed by atoms with Gasteiger partial charge < -0.3 is 14.3 Å². The molecule has 4 nitrogen and oxygen atoms in total. The van der Waals surface area contributed by atoms with Crippen LogP contribution in [0.4, 0.5) is 0 Å². The number of carboxylic acid groups (broad SMARTS) is 1. The van der Waals surface area contributed by atoms with E-state index in [1.165, 1.54) is 0 Å². The second-order valence-electron chi connectivity index (χ2n) is 3.31. The summed E-state index contributed by atoms with van der Waals surface area (Å²) < 4.78 is 11.4. The Morgan fingerprint density at radius 3 is 2.88 bits per heavy atom. The zero-order valence-corrected chi connectivity index (χ0v) is 10.9. The first-order valence-electron chi connectivity index (χ1n) is 4.85. The summed E-state index contributed by atoms with van der Waals surface area (Å²) >= 11 is 2.06. The van der Waals surface area contributed by atoms with E-state index in [9.17, 15) is 4.79 Å². The molecule has 0 radical (unpaired) electrons. The van der Waals surface area contributed by atoms with Crippen molar-refractivity contribution in [3.05, 3.63) is 51.5 Å². The van der Waals surface area contributed by atoms with E-state index in [4.69, 9.17) is 14.3 Å². The lowest BCUT2D eigenvalue weighted by Crippen LogP contribution is -2.03. The Hall–Kier alpha value is -1.50. The molecule has 0 fully saturated rings. The molecule has 0 aliphatic rings. The van der Waals surface area contributed by atoms with Gasteiger partial charge in [-0.05, 0) is 52.9 Å². The van der Waals surface area contributed by atoms with Gasteiger partial charge in [-0.2, -0.15) is 0 Å². The number of benzene rings is 1. The highest BCUT2D eigenvalue weighted by molar-refractivity contribution is 14.1. The third kappa shape index (κ3) is 3.00. The zero-order valence-electron chi connectivity index (χ0n) is 8.72. The Morgan fingerprint density at radius 1 is 1.41 bits per heavy atom. The molecule has 1 heterocycles. The summed E-state index contributed by atoms with van der Waals surface area (Å²) in [6.07, 6.45) is 1.55. The predicted molar refractivity (Wildman–Crippen MR) is 69.2 cm³/mol. The van der Waals surface area contributed by atoms with Crippen molar-refractivity contribution in [3.63, 3.8) is 0 Å². The van der Waals surface area contributed by atoms with Gasteiger partial charge in [0.15, 0.2) is 0 Å². The van der Waals surface area contributed by atoms with Crippen LogP contribution in [0.2, 0.25) is 0 Å². The number of aromatic carboxylic acids is 1. The van der Waals surface area contributed by atoms with Crippen LogP contribution in [0.1, 0.15) is 16.1 Å². The van der Waals surface area contributed by atoms with Crippen LogP contribution >= 0.6 is 22.6 Å². The topological polar surface area (TPSA) is 59.7 Å². The number of hydrogen-bond acceptors (Lipinski definition) is 3. The maximum absolute atomic E-state index is 11.0. The van der Waals surface area contributed by atoms with E-state index in [0.717, 1.165) is 3.57 Å². The van der Waals surface area contributed by atoms with Crippen molar-refractivity contribution in [1.82, 2.24) is 0 Å². The van der Waals surface area contributed by atoms with E-state index in [1.54, 1.807) is 36.6 Å². The lowest BCUT2D eigenvalue weighted by molar-refractivity contribution is 0.0691. The summed E-state index contributed by atoms with van der Waals surface area (Å²) in [6, 6.07) is 8.54. The minimum Gasteiger partial charge on any atom is -0.485 e. The largest absolute Gasteiger partial charge is 0.485 e. The molecule has 1 N–H and O–H groups in total. The van der Waals surface area contributed by atoms with Gasteiger partial charge in [-0.25, -0.2) is 4.79 Å². The minimum absolute atomic E-state index is 0.156. The van der Waals surface area contributed by atoms with Crippen LogP contribution in [0, 0.1) is 3.57 Å². The molecule has 17 heavy (non-hydrogen) atoms. The number of hydrogen-bond donors (Lipinski definition) is 1. The average Bonchev–Trinajstić information content (AvgIpc) is 2.80. The predicted octanol–water partition coefficient (Wildman–Crippen LogP) is 3.16. The third-order valence-electron chi connectivity index (χ3n) is 2.12. The molecule has 2 aromatic rings. The van der Waals surface area contributed by atoms with Crippen molar-refractivity contribution in [2.24, 2.45) is 0 Å². The van der Waals surface area contributed by atoms with E-state index in [2.05, 4.69) is 22.6 Å². The van der Waals surface area contributed by atoms with Gasteiger partial charge in [0.2, 0.25) is 0 Å². The smallest absolute Gasteiger partial charge is 0.339 e. The zero-order chi connectivity index (χ0) is 12.3. The summed E-state index contributed by atoms with van der Waals surface area (Å²) in [6.45, 7) is 0.216. The highest BCUT2D eigenvalue weighted by Gasteiger charge is 2.12. The highest BCUT2D eigenvalue weighted by Crippen LogP contribution is 2.22. The first kappa shape index (κ1) is 12.0. The molecule has 0 unspecified atom stereocenters. The minimum atomic E-state index is -1.00. The maximum Gasteiger partial charge on any atom is 0.339 e. The first-order valence-corrected chi connectivity index (χ1v) is 5.93. The summed E-state index contributed by atoms with van der Waals surface area (Å²) in [7, 11) is 0. The monoisotopic (exact) mass is 344 g/mol. The van der Waals surface area contributed by atoms with Crippen molar-refractivity contribution in [2.45, 2.75) is 6.61 Å². The Kier molecular flexibility index (Phi) is 3.68. The van der Waals surface area contributed by atoms with Crippen LogP contribution in [-0.4, -0.2) is 11.1 Å². The Bertz CT molecular complexity index is 519. The van der Waals surface area contributed by atoms with Crippen LogP contribution in [0.3, 0.4) is 0 Å². The van der Waals surface area contributed by atoms with Gasteiger partial charge in [0, 0.05) is 3.57 Å². The van der Waals surface area contributed by atoms with Gasteiger partial charge in [-0.3, -0.25) is 0 Å². The second kappa shape index (κ2) is 5.22. The van der Waals surface area contributed by atoms with E-state index >= 15 is 0 Å². The third-order valence-corrected chi connectivity index (χ3v) is 2.79. The standard InChI is InChI=1S/C12H9IO4/c13-8-3-4-11(10(6-8)12(14)15)17-7-9-2-1-5-16-9/h1-6H,7H2,(H,14,15). The van der Waals surface area contributed by atoms with E-state index in [-0.39, 0.29) is 12.2 Å². The van der Waals surface area contributed by atoms with Crippen LogP contribution < -0.4 is 4.74 Å². The molecule has 0 saturated carbocycles. The van der Waals surface area contributed by atoms with Gasteiger partial charge in [0.25, 0.3) is 0 Å². The molecule has 0 bridgehead atoms. The maximum atomic E-state index is 11.0. The molecule has 1 aromatic heterocycles. The van der Waals surface area contributed by atoms with Crippen molar-refractivity contribution >= 4 is 28.6 Å². The van der Waals surface area contributed by atoms with E-state index < -0.39 is 5.97 Å². The molecule has 0 atom stereocenters. The number of carbonyl (C=O) groups is 1. The second-order valence-corrected chi connectivity index (χ2v) is 4.56. The molecule has 2 rings (SSSR count). The van der Waals surface area contributed by atoms with Gasteiger partial charge in [-0.15, -0.1) is 0 Å². The first-order chi connectivity index (χ1) is 8.16. The molecular formula is C12H9IO4. The SMILES string of the molecule is O=C(O)c1cc(I)ccc1OCc1ccco1. The Morgan fingerprint density at radius 2 is 2.24 bits per heavy atom. The summed E-state index contributed by atoms with van der Waals surface area (Å²) in [5.74, 6) is -0.00725. The molecule has 0 aliphatic heterocycles. The van der Waals surface area contributed by atoms with Crippen molar-refractivity contribution in [3.8, 4) is 5.75 Å². The number of furan rings is 1. The fraction of sp³-hybridized carbons (Fsp3) is 0.0833. The quantitative estimate of drug-likeness (QED) is 0.866. The van der Waals surface area contributed by atoms with Crippen LogP contribution in [0.15, 0.2) is 41.0 Å². The molecule has 88 valence electrons. The molecular weight excluding hydrogens is 335 g/mol. The summed E-state index contributed by atoms with van der Waals surface area (Å²) in [4.78, 5) is 11.0. The molecule has 0 saturated heterocycles. The van der Waals surface area contributed by atoms with Crippen molar-refractivity contribution < 1.29 is 19.1 Å². The van der Waals surface area contributed by atoms with E-state index in [1.807, 2.05) is 0 Å². The fourth-order valence-electron chi connectivity index (χ4n) is 1.34. The molecule has 5 heteroatoms. The molecule has 0 aliphatic carbocycles. The molecule has 0 spiro atoms. The van der Waals surface area contributed by atoms with Crippen molar-refractivity contribution in [2.75, 3.05) is 0 Å². The van der Waals surface area contributed by atoms with Crippen molar-refractivity contribution in [1.29, 1.82) is 0 Å². The van der Waals surface area contributed by atoms with Gasteiger partial charge >= 0.3 is 5.97 Å². The fourth-order valence-corrected chi connectivity index (χ4v) is 1.83.